The van der Waals surface area contributed by atoms with Crippen molar-refractivity contribution in [3.63, 3.8) is 0 Å². The molecule has 0 bridgehead atoms. The van der Waals surface area contributed by atoms with Gasteiger partial charge in [0.15, 0.2) is 0 Å². The normalized spacial score (nSPS) is 14.8. The van der Waals surface area contributed by atoms with E-state index in [4.69, 9.17) is 4.74 Å². The second-order valence-corrected chi connectivity index (χ2v) is 6.03. The highest BCUT2D eigenvalue weighted by molar-refractivity contribution is 5.99. The molecule has 1 aromatic carbocycles. The van der Waals surface area contributed by atoms with Crippen LogP contribution in [0.5, 0.6) is 5.88 Å². The number of rotatable bonds is 3. The topological polar surface area (TPSA) is 74.8 Å². The second kappa shape index (κ2) is 7.75. The summed E-state index contributed by atoms with van der Waals surface area (Å²) in [6.45, 7) is 0.263. The number of nitrogens with zero attached hydrogens (tertiary/aromatic N) is 3. The van der Waals surface area contributed by atoms with Crippen LogP contribution in [0.15, 0.2) is 42.6 Å². The lowest BCUT2D eigenvalue weighted by Gasteiger charge is -2.34. The Morgan fingerprint density at radius 1 is 1.21 bits per heavy atom. The fraction of sp³-hybridized carbons (Fsp3) is 0.278. The summed E-state index contributed by atoms with van der Waals surface area (Å²) in [6, 6.07) is 6.95. The zero-order valence-corrected chi connectivity index (χ0v) is 14.9. The highest BCUT2D eigenvalue weighted by atomic mass is 19.4. The van der Waals surface area contributed by atoms with Crippen LogP contribution < -0.4 is 15.0 Å². The Bertz CT molecular complexity index is 888. The molecule has 1 fully saturated rings. The van der Waals surface area contributed by atoms with Gasteiger partial charge in [-0.05, 0) is 24.3 Å². The quantitative estimate of drug-likeness (QED) is 0.869. The fourth-order valence-electron chi connectivity index (χ4n) is 2.77. The number of hydrogen-bond donors (Lipinski definition) is 1. The van der Waals surface area contributed by atoms with Gasteiger partial charge >= 0.3 is 12.2 Å². The molecule has 28 heavy (non-hydrogen) atoms. The number of anilines is 2. The van der Waals surface area contributed by atoms with Gasteiger partial charge in [-0.3, -0.25) is 4.79 Å². The smallest absolute Gasteiger partial charge is 0.416 e. The van der Waals surface area contributed by atoms with Crippen LogP contribution in [0, 0.1) is 0 Å². The second-order valence-electron chi connectivity index (χ2n) is 6.03. The van der Waals surface area contributed by atoms with E-state index in [0.29, 0.717) is 11.6 Å². The molecule has 0 atom stereocenters. The number of amides is 3. The number of nitrogens with one attached hydrogen (secondary N) is 1. The molecule has 148 valence electrons. The average molecular weight is 394 g/mol. The third-order valence-electron chi connectivity index (χ3n) is 4.19. The van der Waals surface area contributed by atoms with Crippen LogP contribution in [0.2, 0.25) is 0 Å². The maximum absolute atomic E-state index is 12.8. The summed E-state index contributed by atoms with van der Waals surface area (Å²) in [7, 11) is 1.46. The van der Waals surface area contributed by atoms with E-state index in [1.807, 2.05) is 0 Å². The first-order chi connectivity index (χ1) is 13.3. The molecule has 3 amide bonds. The van der Waals surface area contributed by atoms with Crippen molar-refractivity contribution in [1.82, 2.24) is 9.88 Å². The van der Waals surface area contributed by atoms with Crippen LogP contribution in [0.3, 0.4) is 0 Å². The molecule has 1 aromatic heterocycles. The number of piperazine rings is 1. The summed E-state index contributed by atoms with van der Waals surface area (Å²) in [6.07, 6.45) is -3.00. The highest BCUT2D eigenvalue weighted by Crippen LogP contribution is 2.30. The lowest BCUT2D eigenvalue weighted by atomic mass is 10.2. The first-order valence-corrected chi connectivity index (χ1v) is 8.31. The molecule has 7 nitrogen and oxygen atoms in total. The van der Waals surface area contributed by atoms with Crippen LogP contribution in [0.4, 0.5) is 29.3 Å². The maximum atomic E-state index is 12.8. The van der Waals surface area contributed by atoms with Gasteiger partial charge in [0.1, 0.15) is 6.54 Å². The number of pyridine rings is 1. The molecule has 1 aliphatic rings. The molecule has 3 rings (SSSR count). The molecule has 1 N–H and O–H groups in total. The van der Waals surface area contributed by atoms with E-state index in [1.165, 1.54) is 35.2 Å². The summed E-state index contributed by atoms with van der Waals surface area (Å²) < 4.78 is 43.4. The number of hydrogen-bond acceptors (Lipinski definition) is 4. The number of aromatic nitrogens is 1. The predicted molar refractivity (Wildman–Crippen MR) is 95.2 cm³/mol. The Morgan fingerprint density at radius 2 is 2.00 bits per heavy atom. The number of urea groups is 1. The van der Waals surface area contributed by atoms with Crippen LogP contribution in [0.25, 0.3) is 0 Å². The van der Waals surface area contributed by atoms with E-state index in [0.717, 1.165) is 12.1 Å². The van der Waals surface area contributed by atoms with Gasteiger partial charge in [-0.15, -0.1) is 0 Å². The first-order valence-electron chi connectivity index (χ1n) is 8.31. The minimum absolute atomic E-state index is 0.00794. The lowest BCUT2D eigenvalue weighted by Crippen LogP contribution is -2.53. The van der Waals surface area contributed by atoms with Crippen LogP contribution in [-0.4, -0.2) is 48.6 Å². The number of alkyl halides is 3. The third-order valence-corrected chi connectivity index (χ3v) is 4.19. The molecule has 0 unspecified atom stereocenters. The van der Waals surface area contributed by atoms with E-state index in [1.54, 1.807) is 12.1 Å². The van der Waals surface area contributed by atoms with Crippen LogP contribution >= 0.6 is 0 Å². The van der Waals surface area contributed by atoms with Crippen LogP contribution in [0.1, 0.15) is 5.56 Å². The summed E-state index contributed by atoms with van der Waals surface area (Å²) in [5.41, 5.74) is -0.263. The Balaban J connectivity index is 1.65. The minimum Gasteiger partial charge on any atom is -0.481 e. The minimum atomic E-state index is -4.51. The zero-order valence-electron chi connectivity index (χ0n) is 14.9. The van der Waals surface area contributed by atoms with Gasteiger partial charge in [0.05, 0.1) is 18.4 Å². The van der Waals surface area contributed by atoms with Crippen molar-refractivity contribution in [2.24, 2.45) is 0 Å². The van der Waals surface area contributed by atoms with Crippen molar-refractivity contribution >= 4 is 23.3 Å². The summed E-state index contributed by atoms with van der Waals surface area (Å²) in [5, 5.41) is 2.40. The largest absolute Gasteiger partial charge is 0.481 e. The zero-order chi connectivity index (χ0) is 20.3. The van der Waals surface area contributed by atoms with Crippen molar-refractivity contribution in [3.8, 4) is 5.88 Å². The summed E-state index contributed by atoms with van der Waals surface area (Å²) in [4.78, 5) is 31.5. The predicted octanol–water partition coefficient (Wildman–Crippen LogP) is 2.99. The van der Waals surface area contributed by atoms with Gasteiger partial charge in [-0.2, -0.15) is 13.2 Å². The van der Waals surface area contributed by atoms with E-state index in [2.05, 4.69) is 10.3 Å². The SMILES string of the molecule is COc1cc(N2CCN(C(=O)Nc3cccc(C(F)(F)F)c3)CC2=O)ccn1. The molecule has 1 aliphatic heterocycles. The number of methoxy groups -OCH3 is 1. The standard InChI is InChI=1S/C18H17F3N4O3/c1-28-15-10-14(5-6-22-15)25-8-7-24(11-16(25)26)17(27)23-13-4-2-3-12(9-13)18(19,20)21/h2-6,9-10H,7-8,11H2,1H3,(H,23,27). The van der Waals surface area contributed by atoms with E-state index >= 15 is 0 Å². The lowest BCUT2D eigenvalue weighted by molar-refractivity contribution is -0.137. The molecular weight excluding hydrogens is 377 g/mol. The summed E-state index contributed by atoms with van der Waals surface area (Å²) >= 11 is 0. The van der Waals surface area contributed by atoms with Crippen LogP contribution in [-0.2, 0) is 11.0 Å². The molecule has 0 saturated carbocycles. The first kappa shape index (κ1) is 19.5. The van der Waals surface area contributed by atoms with Gasteiger partial charge in [0, 0.05) is 31.0 Å². The average Bonchev–Trinajstić information content (AvgIpc) is 2.67. The number of carbonyl (C=O) groups excluding carboxylic acids is 2. The Kier molecular flexibility index (Phi) is 5.39. The fourth-order valence-corrected chi connectivity index (χ4v) is 2.77. The van der Waals surface area contributed by atoms with E-state index < -0.39 is 17.8 Å². The molecule has 2 aromatic rings. The molecule has 0 spiro atoms. The van der Waals surface area contributed by atoms with Gasteiger partial charge < -0.3 is 19.9 Å². The van der Waals surface area contributed by atoms with E-state index in [-0.39, 0.29) is 31.2 Å². The Hall–Kier alpha value is -3.30. The van der Waals surface area contributed by atoms with Crippen molar-refractivity contribution in [3.05, 3.63) is 48.2 Å². The monoisotopic (exact) mass is 394 g/mol. The molecule has 0 aliphatic carbocycles. The third kappa shape index (κ3) is 4.33. The molecule has 10 heteroatoms. The van der Waals surface area contributed by atoms with Crippen molar-refractivity contribution in [1.29, 1.82) is 0 Å². The van der Waals surface area contributed by atoms with Crippen molar-refractivity contribution < 1.29 is 27.5 Å². The number of ether oxygens (including phenoxy) is 1. The van der Waals surface area contributed by atoms with Gasteiger partial charge in [0.25, 0.3) is 0 Å². The molecular formula is C18H17F3N4O3. The summed E-state index contributed by atoms with van der Waals surface area (Å²) in [5.74, 6) is 0.0358. The molecule has 0 radical (unpaired) electrons. The van der Waals surface area contributed by atoms with Gasteiger partial charge in [0.2, 0.25) is 11.8 Å². The number of carbonyl (C=O) groups is 2. The van der Waals surface area contributed by atoms with Crippen molar-refractivity contribution in [2.75, 3.05) is 37.0 Å². The Morgan fingerprint density at radius 3 is 2.68 bits per heavy atom. The van der Waals surface area contributed by atoms with E-state index in [9.17, 15) is 22.8 Å². The Labute approximate surface area is 158 Å². The maximum Gasteiger partial charge on any atom is 0.416 e. The molecule has 1 saturated heterocycles. The van der Waals surface area contributed by atoms with Gasteiger partial charge in [-0.25, -0.2) is 9.78 Å². The van der Waals surface area contributed by atoms with Crippen molar-refractivity contribution in [2.45, 2.75) is 6.18 Å². The number of halogens is 3. The highest BCUT2D eigenvalue weighted by Gasteiger charge is 2.31. The molecule has 2 heterocycles. The van der Waals surface area contributed by atoms with Gasteiger partial charge in [-0.1, -0.05) is 6.07 Å². The number of benzene rings is 1.